The fraction of sp³-hybridized carbons (Fsp3) is 0.857. The third kappa shape index (κ3) is 2.91. The van der Waals surface area contributed by atoms with Crippen LogP contribution in [0.4, 0.5) is 0 Å². The number of carbonyl (C=O) groups is 2. The average Bonchev–Trinajstić information content (AvgIpc) is 3.17. The largest absolute Gasteiger partial charge is 0.380 e. The van der Waals surface area contributed by atoms with Crippen LogP contribution in [0.1, 0.15) is 33.6 Å². The predicted molar refractivity (Wildman–Crippen MR) is 71.5 cm³/mol. The summed E-state index contributed by atoms with van der Waals surface area (Å²) >= 11 is 0. The lowest BCUT2D eigenvalue weighted by Gasteiger charge is -2.41. The Morgan fingerprint density at radius 2 is 1.95 bits per heavy atom. The summed E-state index contributed by atoms with van der Waals surface area (Å²) in [7, 11) is 1.63. The van der Waals surface area contributed by atoms with Gasteiger partial charge in [-0.2, -0.15) is 0 Å². The molecule has 1 heterocycles. The second-order valence-electron chi connectivity index (χ2n) is 6.05. The first kappa shape index (κ1) is 14.3. The number of nitrogens with zero attached hydrogens (tertiary/aromatic N) is 1. The molecule has 3 unspecified atom stereocenters. The molecule has 1 N–H and O–H groups in total. The molecule has 2 fully saturated rings. The third-order valence-electron chi connectivity index (χ3n) is 4.04. The molecule has 5 heteroatoms. The Balaban J connectivity index is 2.19. The van der Waals surface area contributed by atoms with Crippen LogP contribution in [-0.4, -0.2) is 48.6 Å². The van der Waals surface area contributed by atoms with Gasteiger partial charge in [-0.1, -0.05) is 13.8 Å². The van der Waals surface area contributed by atoms with Gasteiger partial charge in [0, 0.05) is 13.7 Å². The number of hydrogen-bond acceptors (Lipinski definition) is 3. The molecule has 2 aliphatic rings. The van der Waals surface area contributed by atoms with Gasteiger partial charge in [-0.15, -0.1) is 0 Å². The number of carbonyl (C=O) groups excluding carboxylic acids is 2. The van der Waals surface area contributed by atoms with Crippen molar-refractivity contribution in [2.24, 2.45) is 11.8 Å². The van der Waals surface area contributed by atoms with Crippen molar-refractivity contribution in [2.45, 2.75) is 51.8 Å². The number of nitrogens with one attached hydrogen (secondary N) is 1. The van der Waals surface area contributed by atoms with Gasteiger partial charge in [-0.25, -0.2) is 0 Å². The first-order valence-corrected chi connectivity index (χ1v) is 7.09. The molecule has 0 aromatic carbocycles. The first-order valence-electron chi connectivity index (χ1n) is 7.09. The molecule has 0 aromatic rings. The SMILES string of the molecule is COC(C)CN1C(=O)C(C(C)C)NC(=O)C1C1CC1. The van der Waals surface area contributed by atoms with Gasteiger partial charge in [0.15, 0.2) is 0 Å². The molecule has 2 rings (SSSR count). The Kier molecular flexibility index (Phi) is 4.13. The minimum Gasteiger partial charge on any atom is -0.380 e. The van der Waals surface area contributed by atoms with Crippen molar-refractivity contribution >= 4 is 11.8 Å². The summed E-state index contributed by atoms with van der Waals surface area (Å²) in [5, 5.41) is 2.89. The summed E-state index contributed by atoms with van der Waals surface area (Å²) in [6.07, 6.45) is 2.02. The molecule has 0 spiro atoms. The van der Waals surface area contributed by atoms with Crippen LogP contribution in [0.25, 0.3) is 0 Å². The highest BCUT2D eigenvalue weighted by Gasteiger charge is 2.48. The van der Waals surface area contributed by atoms with E-state index in [1.165, 1.54) is 0 Å². The highest BCUT2D eigenvalue weighted by Crippen LogP contribution is 2.37. The number of ether oxygens (including phenoxy) is 1. The average molecular weight is 268 g/mol. The molecule has 1 aliphatic carbocycles. The lowest BCUT2D eigenvalue weighted by molar-refractivity contribution is -0.153. The van der Waals surface area contributed by atoms with Gasteiger partial charge in [0.05, 0.1) is 6.10 Å². The van der Waals surface area contributed by atoms with Crippen LogP contribution in [-0.2, 0) is 14.3 Å². The zero-order chi connectivity index (χ0) is 14.2. The van der Waals surface area contributed by atoms with Crippen molar-refractivity contribution in [3.63, 3.8) is 0 Å². The maximum Gasteiger partial charge on any atom is 0.246 e. The Labute approximate surface area is 114 Å². The summed E-state index contributed by atoms with van der Waals surface area (Å²) in [5.74, 6) is 0.484. The van der Waals surface area contributed by atoms with Crippen LogP contribution in [0.2, 0.25) is 0 Å². The van der Waals surface area contributed by atoms with E-state index in [4.69, 9.17) is 4.74 Å². The zero-order valence-electron chi connectivity index (χ0n) is 12.2. The summed E-state index contributed by atoms with van der Waals surface area (Å²) in [6.45, 7) is 6.33. The maximum atomic E-state index is 12.6. The van der Waals surface area contributed by atoms with E-state index in [-0.39, 0.29) is 29.9 Å². The summed E-state index contributed by atoms with van der Waals surface area (Å²) in [4.78, 5) is 26.6. The van der Waals surface area contributed by atoms with Crippen molar-refractivity contribution in [3.8, 4) is 0 Å². The molecular formula is C14H24N2O3. The van der Waals surface area contributed by atoms with Crippen LogP contribution < -0.4 is 5.32 Å². The van der Waals surface area contributed by atoms with Gasteiger partial charge in [0.1, 0.15) is 12.1 Å². The van der Waals surface area contributed by atoms with Crippen molar-refractivity contribution in [1.82, 2.24) is 10.2 Å². The molecule has 5 nitrogen and oxygen atoms in total. The lowest BCUT2D eigenvalue weighted by atomic mass is 9.95. The van der Waals surface area contributed by atoms with Crippen LogP contribution in [0.5, 0.6) is 0 Å². The number of hydrogen-bond donors (Lipinski definition) is 1. The van der Waals surface area contributed by atoms with Gasteiger partial charge in [-0.3, -0.25) is 9.59 Å². The fourth-order valence-electron chi connectivity index (χ4n) is 2.65. The molecule has 2 amide bonds. The molecule has 0 radical (unpaired) electrons. The Hall–Kier alpha value is -1.10. The van der Waals surface area contributed by atoms with E-state index in [2.05, 4.69) is 5.32 Å². The van der Waals surface area contributed by atoms with E-state index in [1.807, 2.05) is 20.8 Å². The molecule has 1 saturated heterocycles. The number of amides is 2. The third-order valence-corrected chi connectivity index (χ3v) is 4.04. The molecular weight excluding hydrogens is 244 g/mol. The number of methoxy groups -OCH3 is 1. The molecule has 0 aromatic heterocycles. The first-order chi connectivity index (χ1) is 8.95. The molecule has 0 bridgehead atoms. The zero-order valence-corrected chi connectivity index (χ0v) is 12.2. The second kappa shape index (κ2) is 5.49. The minimum atomic E-state index is -0.397. The molecule has 3 atom stereocenters. The standard InChI is InChI=1S/C14H24N2O3/c1-8(2)11-14(18)16(7-9(3)19-4)12(10-5-6-10)13(17)15-11/h8-12H,5-7H2,1-4H3,(H,15,17). The number of rotatable bonds is 5. The highest BCUT2D eigenvalue weighted by atomic mass is 16.5. The van der Waals surface area contributed by atoms with Crippen LogP contribution in [0.3, 0.4) is 0 Å². The lowest BCUT2D eigenvalue weighted by Crippen LogP contribution is -2.66. The summed E-state index contributed by atoms with van der Waals surface area (Å²) in [5.41, 5.74) is 0. The van der Waals surface area contributed by atoms with Gasteiger partial charge < -0.3 is 15.0 Å². The maximum absolute atomic E-state index is 12.6. The Morgan fingerprint density at radius 1 is 1.32 bits per heavy atom. The molecule has 108 valence electrons. The molecule has 1 aliphatic heterocycles. The van der Waals surface area contributed by atoms with Gasteiger partial charge in [-0.05, 0) is 31.6 Å². The van der Waals surface area contributed by atoms with E-state index < -0.39 is 6.04 Å². The summed E-state index contributed by atoms with van der Waals surface area (Å²) in [6, 6.07) is -0.688. The van der Waals surface area contributed by atoms with Gasteiger partial charge in [0.25, 0.3) is 0 Å². The quantitative estimate of drug-likeness (QED) is 0.801. The second-order valence-corrected chi connectivity index (χ2v) is 6.05. The number of piperazine rings is 1. The van der Waals surface area contributed by atoms with Crippen molar-refractivity contribution < 1.29 is 14.3 Å². The topological polar surface area (TPSA) is 58.6 Å². The van der Waals surface area contributed by atoms with Crippen LogP contribution >= 0.6 is 0 Å². The van der Waals surface area contributed by atoms with Crippen LogP contribution in [0, 0.1) is 11.8 Å². The van der Waals surface area contributed by atoms with E-state index in [0.717, 1.165) is 12.8 Å². The van der Waals surface area contributed by atoms with E-state index in [0.29, 0.717) is 12.5 Å². The normalized spacial score (nSPS) is 29.6. The van der Waals surface area contributed by atoms with E-state index >= 15 is 0 Å². The van der Waals surface area contributed by atoms with Crippen molar-refractivity contribution in [1.29, 1.82) is 0 Å². The smallest absolute Gasteiger partial charge is 0.246 e. The van der Waals surface area contributed by atoms with Crippen molar-refractivity contribution in [2.75, 3.05) is 13.7 Å². The van der Waals surface area contributed by atoms with Gasteiger partial charge >= 0.3 is 0 Å². The van der Waals surface area contributed by atoms with Gasteiger partial charge in [0.2, 0.25) is 11.8 Å². The fourth-order valence-corrected chi connectivity index (χ4v) is 2.65. The molecule has 19 heavy (non-hydrogen) atoms. The molecule has 1 saturated carbocycles. The Bertz CT molecular complexity index is 366. The van der Waals surface area contributed by atoms with E-state index in [9.17, 15) is 9.59 Å². The van der Waals surface area contributed by atoms with E-state index in [1.54, 1.807) is 12.0 Å². The highest BCUT2D eigenvalue weighted by molar-refractivity contribution is 5.97. The summed E-state index contributed by atoms with van der Waals surface area (Å²) < 4.78 is 5.26. The van der Waals surface area contributed by atoms with Crippen molar-refractivity contribution in [3.05, 3.63) is 0 Å². The Morgan fingerprint density at radius 3 is 2.42 bits per heavy atom. The monoisotopic (exact) mass is 268 g/mol. The van der Waals surface area contributed by atoms with Crippen LogP contribution in [0.15, 0.2) is 0 Å². The minimum absolute atomic E-state index is 0.00380. The predicted octanol–water partition coefficient (Wildman–Crippen LogP) is 0.783.